The summed E-state index contributed by atoms with van der Waals surface area (Å²) in [6.45, 7) is 11.2. The molecule has 1 aliphatic rings. The maximum absolute atomic E-state index is 11.8. The smallest absolute Gasteiger partial charge is 0.342 e. The maximum atomic E-state index is 11.8. The van der Waals surface area contributed by atoms with Gasteiger partial charge in [0, 0.05) is 0 Å². The van der Waals surface area contributed by atoms with E-state index in [-0.39, 0.29) is 11.6 Å². The Balaban J connectivity index is 2.84. The van der Waals surface area contributed by atoms with E-state index in [0.717, 1.165) is 0 Å². The topological polar surface area (TPSA) is 35.5 Å². The third-order valence-corrected chi connectivity index (χ3v) is 2.07. The molecule has 0 spiro atoms. The molecule has 0 aliphatic carbocycles. The Hall–Kier alpha value is -1.25. The second-order valence-electron chi connectivity index (χ2n) is 5.51. The molecule has 16 heavy (non-hydrogen) atoms. The van der Waals surface area contributed by atoms with Crippen LogP contribution >= 0.6 is 0 Å². The van der Waals surface area contributed by atoms with Gasteiger partial charge in [0.1, 0.15) is 17.0 Å². The minimum atomic E-state index is -0.481. The molecular formula is C13H20O3. The molecule has 1 heterocycles. The van der Waals surface area contributed by atoms with Crippen LogP contribution in [0.4, 0.5) is 0 Å². The van der Waals surface area contributed by atoms with Crippen LogP contribution < -0.4 is 0 Å². The van der Waals surface area contributed by atoms with Crippen LogP contribution in [-0.4, -0.2) is 17.2 Å². The van der Waals surface area contributed by atoms with Crippen molar-refractivity contribution < 1.29 is 14.3 Å². The number of carbonyl (C=O) groups is 1. The van der Waals surface area contributed by atoms with E-state index in [1.165, 1.54) is 0 Å². The number of carbonyl (C=O) groups excluding carboxylic acids is 1. The number of hydrogen-bond donors (Lipinski definition) is 0. The minimum absolute atomic E-state index is 0.336. The lowest BCUT2D eigenvalue weighted by Gasteiger charge is -2.29. The number of esters is 1. The van der Waals surface area contributed by atoms with Crippen molar-refractivity contribution in [2.24, 2.45) is 0 Å². The van der Waals surface area contributed by atoms with Gasteiger partial charge in [-0.3, -0.25) is 0 Å². The number of allylic oxidation sites excluding steroid dienone is 1. The highest BCUT2D eigenvalue weighted by atomic mass is 16.6. The van der Waals surface area contributed by atoms with E-state index in [4.69, 9.17) is 9.47 Å². The minimum Gasteiger partial charge on any atom is -0.488 e. The Morgan fingerprint density at radius 2 is 1.94 bits per heavy atom. The molecule has 0 aromatic carbocycles. The second kappa shape index (κ2) is 3.96. The molecular weight excluding hydrogens is 204 g/mol. The van der Waals surface area contributed by atoms with E-state index in [9.17, 15) is 4.79 Å². The molecule has 1 rings (SSSR count). The van der Waals surface area contributed by atoms with Gasteiger partial charge in [-0.15, -0.1) is 0 Å². The normalized spacial score (nSPS) is 19.4. The maximum Gasteiger partial charge on any atom is 0.342 e. The van der Waals surface area contributed by atoms with E-state index in [2.05, 4.69) is 0 Å². The monoisotopic (exact) mass is 224 g/mol. The zero-order valence-electron chi connectivity index (χ0n) is 10.9. The summed E-state index contributed by atoms with van der Waals surface area (Å²) < 4.78 is 10.9. The first kappa shape index (κ1) is 12.8. The number of ether oxygens (including phenoxy) is 2. The third kappa shape index (κ3) is 3.40. The summed E-state index contributed by atoms with van der Waals surface area (Å²) in [4.78, 5) is 11.8. The Bertz CT molecular complexity index is 354. The predicted octanol–water partition coefficient (Wildman–Crippen LogP) is 2.97. The standard InChI is InChI=1S/C13H20O3/c1-9-10(7-8-13(5,6)15-9)11(14)16-12(2,3)4/h7-8H,1-6H3. The molecule has 3 nitrogen and oxygen atoms in total. The summed E-state index contributed by atoms with van der Waals surface area (Å²) in [6, 6.07) is 0. The molecule has 0 aromatic heterocycles. The summed E-state index contributed by atoms with van der Waals surface area (Å²) in [6.07, 6.45) is 3.63. The highest BCUT2D eigenvalue weighted by Gasteiger charge is 2.27. The lowest BCUT2D eigenvalue weighted by Crippen LogP contribution is -2.29. The summed E-state index contributed by atoms with van der Waals surface area (Å²) in [5.74, 6) is 0.276. The Morgan fingerprint density at radius 1 is 1.38 bits per heavy atom. The van der Waals surface area contributed by atoms with Crippen molar-refractivity contribution in [3.63, 3.8) is 0 Å². The van der Waals surface area contributed by atoms with Gasteiger partial charge in [-0.2, -0.15) is 0 Å². The third-order valence-electron chi connectivity index (χ3n) is 2.07. The summed E-state index contributed by atoms with van der Waals surface area (Å²) in [7, 11) is 0. The summed E-state index contributed by atoms with van der Waals surface area (Å²) >= 11 is 0. The fourth-order valence-corrected chi connectivity index (χ4v) is 1.43. The molecule has 0 N–H and O–H groups in total. The molecule has 90 valence electrons. The van der Waals surface area contributed by atoms with Crippen LogP contribution in [0.15, 0.2) is 23.5 Å². The zero-order chi connectivity index (χ0) is 12.6. The first-order valence-corrected chi connectivity index (χ1v) is 5.43. The fraction of sp³-hybridized carbons (Fsp3) is 0.615. The van der Waals surface area contributed by atoms with Crippen LogP contribution in [0.1, 0.15) is 41.5 Å². The van der Waals surface area contributed by atoms with E-state index >= 15 is 0 Å². The van der Waals surface area contributed by atoms with Gasteiger partial charge in [0.25, 0.3) is 0 Å². The highest BCUT2D eigenvalue weighted by Crippen LogP contribution is 2.26. The average molecular weight is 224 g/mol. The van der Waals surface area contributed by atoms with Gasteiger partial charge in [0.15, 0.2) is 0 Å². The second-order valence-corrected chi connectivity index (χ2v) is 5.51. The fourth-order valence-electron chi connectivity index (χ4n) is 1.43. The lowest BCUT2D eigenvalue weighted by atomic mass is 10.0. The van der Waals surface area contributed by atoms with Crippen LogP contribution in [0.2, 0.25) is 0 Å². The van der Waals surface area contributed by atoms with E-state index in [0.29, 0.717) is 11.3 Å². The summed E-state index contributed by atoms with van der Waals surface area (Å²) in [5, 5.41) is 0. The molecule has 0 aromatic rings. The first-order chi connectivity index (χ1) is 7.11. The average Bonchev–Trinajstić information content (AvgIpc) is 1.97. The van der Waals surface area contributed by atoms with E-state index in [1.807, 2.05) is 40.7 Å². The molecule has 0 saturated heterocycles. The van der Waals surface area contributed by atoms with Crippen molar-refractivity contribution in [3.05, 3.63) is 23.5 Å². The van der Waals surface area contributed by atoms with Crippen LogP contribution in [0.5, 0.6) is 0 Å². The van der Waals surface area contributed by atoms with Crippen LogP contribution in [0.3, 0.4) is 0 Å². The Morgan fingerprint density at radius 3 is 2.38 bits per heavy atom. The van der Waals surface area contributed by atoms with Gasteiger partial charge >= 0.3 is 5.97 Å². The molecule has 0 unspecified atom stereocenters. The van der Waals surface area contributed by atoms with Crippen molar-refractivity contribution in [2.75, 3.05) is 0 Å². The van der Waals surface area contributed by atoms with Crippen LogP contribution in [0, 0.1) is 0 Å². The number of rotatable bonds is 1. The van der Waals surface area contributed by atoms with Crippen molar-refractivity contribution in [3.8, 4) is 0 Å². The Labute approximate surface area is 97.1 Å². The molecule has 0 amide bonds. The van der Waals surface area contributed by atoms with Crippen molar-refractivity contribution in [2.45, 2.75) is 52.7 Å². The van der Waals surface area contributed by atoms with Crippen LogP contribution in [0.25, 0.3) is 0 Å². The van der Waals surface area contributed by atoms with Crippen LogP contribution in [-0.2, 0) is 14.3 Å². The SMILES string of the molecule is CC1=C(C(=O)OC(C)(C)C)C=CC(C)(C)O1. The molecule has 0 atom stereocenters. The Kier molecular flexibility index (Phi) is 3.17. The number of hydrogen-bond acceptors (Lipinski definition) is 3. The van der Waals surface area contributed by atoms with Gasteiger partial charge in [-0.25, -0.2) is 4.79 Å². The molecule has 1 aliphatic heterocycles. The molecule has 3 heteroatoms. The molecule has 0 fully saturated rings. The van der Waals surface area contributed by atoms with Crippen molar-refractivity contribution in [1.29, 1.82) is 0 Å². The van der Waals surface area contributed by atoms with E-state index in [1.54, 1.807) is 13.0 Å². The largest absolute Gasteiger partial charge is 0.488 e. The zero-order valence-corrected chi connectivity index (χ0v) is 10.9. The van der Waals surface area contributed by atoms with Gasteiger partial charge in [-0.05, 0) is 53.7 Å². The molecule has 0 bridgehead atoms. The lowest BCUT2D eigenvalue weighted by molar-refractivity contribution is -0.149. The van der Waals surface area contributed by atoms with Crippen molar-refractivity contribution in [1.82, 2.24) is 0 Å². The summed E-state index contributed by atoms with van der Waals surface area (Å²) in [5.41, 5.74) is -0.338. The van der Waals surface area contributed by atoms with Crippen molar-refractivity contribution >= 4 is 5.97 Å². The molecule has 0 saturated carbocycles. The predicted molar refractivity (Wildman–Crippen MR) is 62.8 cm³/mol. The van der Waals surface area contributed by atoms with Gasteiger partial charge < -0.3 is 9.47 Å². The quantitative estimate of drug-likeness (QED) is 0.642. The van der Waals surface area contributed by atoms with Gasteiger partial charge in [0.05, 0.1) is 5.57 Å². The van der Waals surface area contributed by atoms with E-state index < -0.39 is 5.60 Å². The first-order valence-electron chi connectivity index (χ1n) is 5.43. The van der Waals surface area contributed by atoms with Gasteiger partial charge in [-0.1, -0.05) is 0 Å². The molecule has 0 radical (unpaired) electrons. The van der Waals surface area contributed by atoms with Gasteiger partial charge in [0.2, 0.25) is 0 Å². The highest BCUT2D eigenvalue weighted by molar-refractivity contribution is 5.92.